The smallest absolute Gasteiger partial charge is 0.312 e. The van der Waals surface area contributed by atoms with Crippen LogP contribution in [-0.2, 0) is 23.9 Å². The van der Waals surface area contributed by atoms with Gasteiger partial charge in [0.05, 0.1) is 37.2 Å². The van der Waals surface area contributed by atoms with Crippen molar-refractivity contribution >= 4 is 23.5 Å². The van der Waals surface area contributed by atoms with Crippen molar-refractivity contribution < 1.29 is 29.0 Å². The Labute approximate surface area is 201 Å². The van der Waals surface area contributed by atoms with E-state index in [9.17, 15) is 19.5 Å². The summed E-state index contributed by atoms with van der Waals surface area (Å²) >= 11 is 0. The number of hydrogen-bond acceptors (Lipinski definition) is 6. The first-order valence-corrected chi connectivity index (χ1v) is 12.3. The molecule has 2 N–H and O–H groups in total. The van der Waals surface area contributed by atoms with Crippen LogP contribution in [0.5, 0.6) is 0 Å². The molecule has 3 heterocycles. The summed E-state index contributed by atoms with van der Waals surface area (Å²) in [5, 5.41) is 13.3. The second-order valence-electron chi connectivity index (χ2n) is 10.3. The van der Waals surface area contributed by atoms with Crippen LogP contribution in [0.25, 0.3) is 0 Å². The summed E-state index contributed by atoms with van der Waals surface area (Å²) in [5.74, 6) is -2.43. The maximum atomic E-state index is 13.9. The zero-order valence-corrected chi connectivity index (χ0v) is 20.7. The maximum absolute atomic E-state index is 13.9. The van der Waals surface area contributed by atoms with Gasteiger partial charge in [-0.05, 0) is 63.1 Å². The molecule has 0 aromatic heterocycles. The average molecular weight is 473 g/mol. The number of aliphatic hydroxyl groups excluding tert-OH is 1. The Bertz CT molecular complexity index is 978. The normalized spacial score (nSPS) is 30.6. The van der Waals surface area contributed by atoms with Crippen molar-refractivity contribution in [2.75, 3.05) is 18.5 Å². The second-order valence-corrected chi connectivity index (χ2v) is 10.3. The minimum atomic E-state index is -1.11. The van der Waals surface area contributed by atoms with Gasteiger partial charge in [-0.1, -0.05) is 26.0 Å². The number of rotatable bonds is 8. The second kappa shape index (κ2) is 9.30. The molecule has 3 saturated heterocycles. The molecule has 3 aliphatic rings. The van der Waals surface area contributed by atoms with Gasteiger partial charge in [-0.25, -0.2) is 0 Å². The largest absolute Gasteiger partial charge is 0.466 e. The first-order valence-electron chi connectivity index (χ1n) is 12.3. The fourth-order valence-corrected chi connectivity index (χ4v) is 6.18. The van der Waals surface area contributed by atoms with E-state index in [4.69, 9.17) is 9.47 Å². The van der Waals surface area contributed by atoms with Crippen molar-refractivity contribution in [3.8, 4) is 0 Å². The molecule has 3 aliphatic heterocycles. The Morgan fingerprint density at radius 2 is 2.06 bits per heavy atom. The monoisotopic (exact) mass is 472 g/mol. The van der Waals surface area contributed by atoms with E-state index in [0.29, 0.717) is 24.9 Å². The van der Waals surface area contributed by atoms with Crippen molar-refractivity contribution in [1.82, 2.24) is 4.90 Å². The van der Waals surface area contributed by atoms with Crippen molar-refractivity contribution in [1.29, 1.82) is 0 Å². The summed E-state index contributed by atoms with van der Waals surface area (Å²) in [7, 11) is 0. The fraction of sp³-hybridized carbons (Fsp3) is 0.654. The number of nitrogens with zero attached hydrogens (tertiary/aromatic N) is 1. The quantitative estimate of drug-likeness (QED) is 0.564. The van der Waals surface area contributed by atoms with E-state index >= 15 is 0 Å². The van der Waals surface area contributed by atoms with Gasteiger partial charge in [0, 0.05) is 5.69 Å². The molecule has 0 saturated carbocycles. The van der Waals surface area contributed by atoms with Crippen molar-refractivity contribution in [3.63, 3.8) is 0 Å². The highest BCUT2D eigenvalue weighted by molar-refractivity contribution is 6.03. The van der Waals surface area contributed by atoms with E-state index in [0.717, 1.165) is 11.1 Å². The molecule has 2 amide bonds. The van der Waals surface area contributed by atoms with Gasteiger partial charge < -0.3 is 24.8 Å². The molecule has 0 aliphatic carbocycles. The van der Waals surface area contributed by atoms with Crippen LogP contribution >= 0.6 is 0 Å². The molecule has 186 valence electrons. The molecule has 1 aromatic rings. The Morgan fingerprint density at radius 1 is 1.32 bits per heavy atom. The number of benzene rings is 1. The van der Waals surface area contributed by atoms with Crippen molar-refractivity contribution in [3.05, 3.63) is 29.3 Å². The van der Waals surface area contributed by atoms with Gasteiger partial charge in [0.2, 0.25) is 11.8 Å². The topological polar surface area (TPSA) is 105 Å². The summed E-state index contributed by atoms with van der Waals surface area (Å²) in [4.78, 5) is 42.2. The molecule has 8 heteroatoms. The lowest BCUT2D eigenvalue weighted by molar-refractivity contribution is -0.155. The number of esters is 1. The maximum Gasteiger partial charge on any atom is 0.312 e. The standard InChI is InChI=1S/C26H36N2O6/c1-6-33-25(32)20-19-9-10-26(34-19)21(20)24(31)28(17(13-29)11-14(2)3)22(26)23(30)27-18-12-15(4)7-8-16(18)5/h7-8,12,14,17,19-22,29H,6,9-11,13H2,1-5H3,(H,27,30)/t17-,19+,20-,21+,22?,26?/m1/s1. The molecule has 0 radical (unpaired) electrons. The predicted octanol–water partition coefficient (Wildman–Crippen LogP) is 2.59. The Hall–Kier alpha value is -2.45. The molecular weight excluding hydrogens is 436 g/mol. The Morgan fingerprint density at radius 3 is 2.71 bits per heavy atom. The first kappa shape index (κ1) is 24.7. The van der Waals surface area contributed by atoms with Crippen LogP contribution < -0.4 is 5.32 Å². The van der Waals surface area contributed by atoms with E-state index in [-0.39, 0.29) is 30.9 Å². The summed E-state index contributed by atoms with van der Waals surface area (Å²) in [6, 6.07) is 4.32. The number of carbonyl (C=O) groups excluding carboxylic acids is 3. The number of aryl methyl sites for hydroxylation is 2. The third-order valence-electron chi connectivity index (χ3n) is 7.54. The molecule has 8 nitrogen and oxygen atoms in total. The van der Waals surface area contributed by atoms with Crippen LogP contribution in [0.1, 0.15) is 51.2 Å². The number of hydrogen-bond donors (Lipinski definition) is 2. The summed E-state index contributed by atoms with van der Waals surface area (Å²) < 4.78 is 11.7. The number of aliphatic hydroxyl groups is 1. The molecular formula is C26H36N2O6. The third kappa shape index (κ3) is 3.90. The summed E-state index contributed by atoms with van der Waals surface area (Å²) in [6.07, 6.45) is 1.18. The SMILES string of the molecule is CCOC(=O)[C@@H]1[C@@H]2CCC3(O2)C(C(=O)Nc2cc(C)ccc2C)N([C@@H](CO)CC(C)C)C(=O)[C@H]13. The summed E-state index contributed by atoms with van der Waals surface area (Å²) in [5.41, 5.74) is 1.48. The van der Waals surface area contributed by atoms with Crippen LogP contribution in [0.4, 0.5) is 5.69 Å². The van der Waals surface area contributed by atoms with Crippen LogP contribution in [0.3, 0.4) is 0 Å². The number of nitrogens with one attached hydrogen (secondary N) is 1. The molecule has 3 fully saturated rings. The minimum Gasteiger partial charge on any atom is -0.466 e. The van der Waals surface area contributed by atoms with Crippen LogP contribution in [-0.4, -0.2) is 64.8 Å². The molecule has 4 rings (SSSR count). The van der Waals surface area contributed by atoms with E-state index < -0.39 is 41.6 Å². The molecule has 1 aromatic carbocycles. The zero-order valence-electron chi connectivity index (χ0n) is 20.7. The van der Waals surface area contributed by atoms with Gasteiger partial charge >= 0.3 is 5.97 Å². The van der Waals surface area contributed by atoms with E-state index in [1.165, 1.54) is 4.90 Å². The van der Waals surface area contributed by atoms with Crippen molar-refractivity contribution in [2.24, 2.45) is 17.8 Å². The molecule has 34 heavy (non-hydrogen) atoms. The minimum absolute atomic E-state index is 0.198. The number of ether oxygens (including phenoxy) is 2. The van der Waals surface area contributed by atoms with E-state index in [1.807, 2.05) is 45.9 Å². The zero-order chi connectivity index (χ0) is 24.8. The van der Waals surface area contributed by atoms with Crippen LogP contribution in [0.15, 0.2) is 18.2 Å². The first-order chi connectivity index (χ1) is 16.1. The highest BCUT2D eigenvalue weighted by Gasteiger charge is 2.75. The van der Waals surface area contributed by atoms with Gasteiger partial charge in [0.25, 0.3) is 0 Å². The fourth-order valence-electron chi connectivity index (χ4n) is 6.18. The highest BCUT2D eigenvalue weighted by atomic mass is 16.6. The lowest BCUT2D eigenvalue weighted by Gasteiger charge is -2.37. The van der Waals surface area contributed by atoms with Gasteiger partial charge in [-0.3, -0.25) is 14.4 Å². The van der Waals surface area contributed by atoms with Gasteiger partial charge in [-0.15, -0.1) is 0 Å². The lowest BCUT2D eigenvalue weighted by atomic mass is 9.70. The third-order valence-corrected chi connectivity index (χ3v) is 7.54. The van der Waals surface area contributed by atoms with Gasteiger partial charge in [0.1, 0.15) is 11.6 Å². The van der Waals surface area contributed by atoms with Gasteiger partial charge in [-0.2, -0.15) is 0 Å². The summed E-state index contributed by atoms with van der Waals surface area (Å²) in [6.45, 7) is 9.56. The molecule has 6 atom stereocenters. The molecule has 2 bridgehead atoms. The Balaban J connectivity index is 1.76. The number of amides is 2. The Kier molecular flexibility index (Phi) is 6.75. The van der Waals surface area contributed by atoms with Crippen LogP contribution in [0, 0.1) is 31.6 Å². The van der Waals surface area contributed by atoms with Gasteiger partial charge in [0.15, 0.2) is 0 Å². The highest BCUT2D eigenvalue weighted by Crippen LogP contribution is 2.59. The number of carbonyl (C=O) groups is 3. The van der Waals surface area contributed by atoms with Crippen molar-refractivity contribution in [2.45, 2.75) is 77.7 Å². The number of fused-ring (bicyclic) bond motifs is 1. The van der Waals surface area contributed by atoms with E-state index in [1.54, 1.807) is 6.92 Å². The molecule has 2 unspecified atom stereocenters. The van der Waals surface area contributed by atoms with E-state index in [2.05, 4.69) is 5.32 Å². The molecule has 1 spiro atoms. The lowest BCUT2D eigenvalue weighted by Crippen LogP contribution is -2.56. The predicted molar refractivity (Wildman–Crippen MR) is 126 cm³/mol. The van der Waals surface area contributed by atoms with Crippen LogP contribution in [0.2, 0.25) is 0 Å². The number of likely N-dealkylation sites (tertiary alicyclic amines) is 1. The average Bonchev–Trinajstić information content (AvgIpc) is 3.42. The number of anilines is 1.